The standard InChI is InChI=1S/C15H25NO2/c1-11-4-9-18-12(11)13(17)15(10-16)7-5-14(2,3)6-8-15/h4,9,13,17H,5-8,10,16H2,1-3H3. The maximum atomic E-state index is 10.7. The van der Waals surface area contributed by atoms with Crippen molar-refractivity contribution in [2.75, 3.05) is 6.54 Å². The van der Waals surface area contributed by atoms with Crippen LogP contribution >= 0.6 is 0 Å². The minimum Gasteiger partial charge on any atom is -0.466 e. The van der Waals surface area contributed by atoms with E-state index < -0.39 is 6.10 Å². The van der Waals surface area contributed by atoms with Crippen molar-refractivity contribution in [1.29, 1.82) is 0 Å². The number of aliphatic hydroxyl groups is 1. The van der Waals surface area contributed by atoms with Crippen LogP contribution in [0, 0.1) is 17.8 Å². The molecule has 0 amide bonds. The molecular formula is C15H25NO2. The molecule has 0 radical (unpaired) electrons. The summed E-state index contributed by atoms with van der Waals surface area (Å²) in [4.78, 5) is 0. The summed E-state index contributed by atoms with van der Waals surface area (Å²) in [5.74, 6) is 0.695. The lowest BCUT2D eigenvalue weighted by Crippen LogP contribution is -2.42. The van der Waals surface area contributed by atoms with Gasteiger partial charge in [-0.15, -0.1) is 0 Å². The summed E-state index contributed by atoms with van der Waals surface area (Å²) >= 11 is 0. The van der Waals surface area contributed by atoms with Gasteiger partial charge in [-0.2, -0.15) is 0 Å². The molecule has 3 N–H and O–H groups in total. The van der Waals surface area contributed by atoms with Crippen LogP contribution in [0.25, 0.3) is 0 Å². The van der Waals surface area contributed by atoms with Crippen molar-refractivity contribution < 1.29 is 9.52 Å². The van der Waals surface area contributed by atoms with E-state index in [1.165, 1.54) is 0 Å². The Bertz CT molecular complexity index is 398. The third kappa shape index (κ3) is 2.34. The van der Waals surface area contributed by atoms with Gasteiger partial charge in [-0.3, -0.25) is 0 Å². The lowest BCUT2D eigenvalue weighted by Gasteiger charge is -2.45. The van der Waals surface area contributed by atoms with Crippen molar-refractivity contribution in [1.82, 2.24) is 0 Å². The largest absolute Gasteiger partial charge is 0.466 e. The average Bonchev–Trinajstić information content (AvgIpc) is 2.75. The predicted octanol–water partition coefficient (Wildman–Crippen LogP) is 3.17. The van der Waals surface area contributed by atoms with Crippen molar-refractivity contribution in [2.24, 2.45) is 16.6 Å². The fourth-order valence-electron chi connectivity index (χ4n) is 2.96. The number of hydrogen-bond donors (Lipinski definition) is 2. The molecule has 1 heterocycles. The van der Waals surface area contributed by atoms with E-state index >= 15 is 0 Å². The zero-order valence-electron chi connectivity index (χ0n) is 11.7. The van der Waals surface area contributed by atoms with Gasteiger partial charge in [0.05, 0.1) is 6.26 Å². The quantitative estimate of drug-likeness (QED) is 0.867. The monoisotopic (exact) mass is 251 g/mol. The molecule has 1 fully saturated rings. The first-order chi connectivity index (χ1) is 8.40. The molecule has 0 saturated heterocycles. The maximum absolute atomic E-state index is 10.7. The summed E-state index contributed by atoms with van der Waals surface area (Å²) in [5, 5.41) is 10.7. The highest BCUT2D eigenvalue weighted by atomic mass is 16.4. The maximum Gasteiger partial charge on any atom is 0.135 e. The minimum atomic E-state index is -0.575. The molecule has 1 aromatic rings. The van der Waals surface area contributed by atoms with Gasteiger partial charge in [0.25, 0.3) is 0 Å². The minimum absolute atomic E-state index is 0.210. The van der Waals surface area contributed by atoms with Crippen LogP contribution in [-0.2, 0) is 0 Å². The van der Waals surface area contributed by atoms with E-state index in [0.29, 0.717) is 17.7 Å². The van der Waals surface area contributed by atoms with E-state index in [1.54, 1.807) is 6.26 Å². The van der Waals surface area contributed by atoms with Gasteiger partial charge in [0, 0.05) is 12.0 Å². The molecule has 1 unspecified atom stereocenters. The van der Waals surface area contributed by atoms with Gasteiger partial charge in [0.2, 0.25) is 0 Å². The van der Waals surface area contributed by atoms with Gasteiger partial charge in [0.15, 0.2) is 0 Å². The van der Waals surface area contributed by atoms with Gasteiger partial charge < -0.3 is 15.3 Å². The molecule has 1 aliphatic rings. The highest BCUT2D eigenvalue weighted by Crippen LogP contribution is 2.51. The Morgan fingerprint density at radius 1 is 1.33 bits per heavy atom. The third-order valence-electron chi connectivity index (χ3n) is 4.74. The number of rotatable bonds is 3. The zero-order chi connectivity index (χ0) is 13.4. The average molecular weight is 251 g/mol. The topological polar surface area (TPSA) is 59.4 Å². The van der Waals surface area contributed by atoms with Crippen LogP contribution in [0.5, 0.6) is 0 Å². The normalized spacial score (nSPS) is 23.8. The smallest absolute Gasteiger partial charge is 0.135 e. The Hall–Kier alpha value is -0.800. The summed E-state index contributed by atoms with van der Waals surface area (Å²) in [6.45, 7) is 7.07. The SMILES string of the molecule is Cc1ccoc1C(O)C1(CN)CCC(C)(C)CC1. The number of aryl methyl sites for hydroxylation is 1. The van der Waals surface area contributed by atoms with Crippen LogP contribution < -0.4 is 5.73 Å². The van der Waals surface area contributed by atoms with E-state index in [1.807, 2.05) is 13.0 Å². The molecular weight excluding hydrogens is 226 g/mol. The molecule has 0 bridgehead atoms. The molecule has 18 heavy (non-hydrogen) atoms. The molecule has 1 aromatic heterocycles. The van der Waals surface area contributed by atoms with Crippen LogP contribution in [0.4, 0.5) is 0 Å². The fraction of sp³-hybridized carbons (Fsp3) is 0.733. The number of nitrogens with two attached hydrogens (primary N) is 1. The van der Waals surface area contributed by atoms with Crippen molar-refractivity contribution in [2.45, 2.75) is 52.6 Å². The highest BCUT2D eigenvalue weighted by molar-refractivity contribution is 5.19. The second-order valence-electron chi connectivity index (χ2n) is 6.60. The summed E-state index contributed by atoms with van der Waals surface area (Å²) in [5.41, 5.74) is 7.16. The van der Waals surface area contributed by atoms with E-state index in [-0.39, 0.29) is 5.41 Å². The number of furan rings is 1. The van der Waals surface area contributed by atoms with Crippen molar-refractivity contribution in [3.05, 3.63) is 23.7 Å². The Morgan fingerprint density at radius 2 is 1.94 bits per heavy atom. The van der Waals surface area contributed by atoms with Gasteiger partial charge in [0.1, 0.15) is 11.9 Å². The molecule has 0 spiro atoms. The third-order valence-corrected chi connectivity index (χ3v) is 4.74. The molecule has 102 valence electrons. The first-order valence-electron chi connectivity index (χ1n) is 6.82. The second kappa shape index (κ2) is 4.71. The van der Waals surface area contributed by atoms with E-state index in [9.17, 15) is 5.11 Å². The van der Waals surface area contributed by atoms with Gasteiger partial charge in [-0.25, -0.2) is 0 Å². The molecule has 1 aliphatic carbocycles. The Balaban J connectivity index is 2.21. The molecule has 0 aliphatic heterocycles. The van der Waals surface area contributed by atoms with Crippen molar-refractivity contribution in [3.63, 3.8) is 0 Å². The predicted molar refractivity (Wildman–Crippen MR) is 72.1 cm³/mol. The lowest BCUT2D eigenvalue weighted by molar-refractivity contribution is -0.0351. The molecule has 0 aromatic carbocycles. The van der Waals surface area contributed by atoms with E-state index in [0.717, 1.165) is 31.2 Å². The second-order valence-corrected chi connectivity index (χ2v) is 6.60. The Morgan fingerprint density at radius 3 is 2.39 bits per heavy atom. The van der Waals surface area contributed by atoms with Crippen LogP contribution in [0.2, 0.25) is 0 Å². The highest BCUT2D eigenvalue weighted by Gasteiger charge is 2.44. The first-order valence-corrected chi connectivity index (χ1v) is 6.82. The van der Waals surface area contributed by atoms with E-state index in [2.05, 4.69) is 13.8 Å². The van der Waals surface area contributed by atoms with E-state index in [4.69, 9.17) is 10.2 Å². The summed E-state index contributed by atoms with van der Waals surface area (Å²) < 4.78 is 5.45. The molecule has 2 rings (SSSR count). The van der Waals surface area contributed by atoms with Crippen molar-refractivity contribution >= 4 is 0 Å². The van der Waals surface area contributed by atoms with Gasteiger partial charge >= 0.3 is 0 Å². The fourth-order valence-corrected chi connectivity index (χ4v) is 2.96. The van der Waals surface area contributed by atoms with Gasteiger partial charge in [-0.05, 0) is 49.7 Å². The van der Waals surface area contributed by atoms with Crippen LogP contribution in [-0.4, -0.2) is 11.7 Å². The summed E-state index contributed by atoms with van der Waals surface area (Å²) in [7, 11) is 0. The van der Waals surface area contributed by atoms with Gasteiger partial charge in [-0.1, -0.05) is 13.8 Å². The van der Waals surface area contributed by atoms with Crippen LogP contribution in [0.1, 0.15) is 57.0 Å². The number of aliphatic hydroxyl groups excluding tert-OH is 1. The molecule has 3 nitrogen and oxygen atoms in total. The molecule has 1 atom stereocenters. The molecule has 1 saturated carbocycles. The first kappa shape index (κ1) is 13.6. The summed E-state index contributed by atoms with van der Waals surface area (Å²) in [6, 6.07) is 1.90. The zero-order valence-corrected chi connectivity index (χ0v) is 11.7. The van der Waals surface area contributed by atoms with Crippen LogP contribution in [0.15, 0.2) is 16.7 Å². The lowest BCUT2D eigenvalue weighted by atomic mass is 9.62. The molecule has 3 heteroatoms. The van der Waals surface area contributed by atoms with Crippen LogP contribution in [0.3, 0.4) is 0 Å². The van der Waals surface area contributed by atoms with Crippen molar-refractivity contribution in [3.8, 4) is 0 Å². The number of hydrogen-bond acceptors (Lipinski definition) is 3. The summed E-state index contributed by atoms with van der Waals surface area (Å²) in [6.07, 6.45) is 5.23. The Kier molecular flexibility index (Phi) is 3.56. The Labute approximate surface area is 109 Å².